The lowest BCUT2D eigenvalue weighted by molar-refractivity contribution is -0.166. The van der Waals surface area contributed by atoms with Crippen LogP contribution in [0.4, 0.5) is 0 Å². The summed E-state index contributed by atoms with van der Waals surface area (Å²) in [6.07, 6.45) is 95.8. The number of hydrogen-bond acceptors (Lipinski definition) is 6. The highest BCUT2D eigenvalue weighted by Gasteiger charge is 2.19. The van der Waals surface area contributed by atoms with E-state index >= 15 is 0 Å². The van der Waals surface area contributed by atoms with Crippen LogP contribution in [0.2, 0.25) is 0 Å². The lowest BCUT2D eigenvalue weighted by Crippen LogP contribution is -2.30. The Balaban J connectivity index is 4.14. The van der Waals surface area contributed by atoms with Crippen LogP contribution < -0.4 is 0 Å². The average Bonchev–Trinajstić information content (AvgIpc) is 3.47. The number of carbonyl (C=O) groups is 3. The quantitative estimate of drug-likeness (QED) is 0.0261. The van der Waals surface area contributed by atoms with Crippen molar-refractivity contribution in [3.8, 4) is 0 Å². The van der Waals surface area contributed by atoms with E-state index in [0.29, 0.717) is 19.3 Å². The molecule has 6 heteroatoms. The van der Waals surface area contributed by atoms with Gasteiger partial charge in [0.1, 0.15) is 13.2 Å². The number of rotatable bonds is 63. The molecule has 82 heavy (non-hydrogen) atoms. The Labute approximate surface area is 508 Å². The van der Waals surface area contributed by atoms with Crippen LogP contribution >= 0.6 is 0 Å². The number of unbranched alkanes of at least 4 members (excludes halogenated alkanes) is 34. The predicted molar refractivity (Wildman–Crippen MR) is 357 cm³/mol. The van der Waals surface area contributed by atoms with Gasteiger partial charge in [-0.3, -0.25) is 14.4 Å². The van der Waals surface area contributed by atoms with E-state index in [1.165, 1.54) is 186 Å². The van der Waals surface area contributed by atoms with Gasteiger partial charge in [-0.05, 0) is 109 Å². The molecule has 0 saturated heterocycles. The van der Waals surface area contributed by atoms with E-state index in [4.69, 9.17) is 14.2 Å². The normalized spacial score (nSPS) is 12.8. The lowest BCUT2D eigenvalue weighted by atomic mass is 10.0. The molecule has 1 atom stereocenters. The second kappa shape index (κ2) is 69.6. The van der Waals surface area contributed by atoms with Crippen LogP contribution in [0.5, 0.6) is 0 Å². The first kappa shape index (κ1) is 78.1. The van der Waals surface area contributed by atoms with Crippen molar-refractivity contribution >= 4 is 17.9 Å². The number of hydrogen-bond donors (Lipinski definition) is 0. The second-order valence-electron chi connectivity index (χ2n) is 23.0. The van der Waals surface area contributed by atoms with E-state index in [1.54, 1.807) is 0 Å². The molecule has 0 aromatic rings. The van der Waals surface area contributed by atoms with Crippen LogP contribution in [0.3, 0.4) is 0 Å². The fourth-order valence-electron chi connectivity index (χ4n) is 9.86. The monoisotopic (exact) mass is 1140 g/mol. The Morgan fingerprint density at radius 2 is 0.500 bits per heavy atom. The maximum Gasteiger partial charge on any atom is 0.306 e. The van der Waals surface area contributed by atoms with Gasteiger partial charge in [0.15, 0.2) is 6.10 Å². The summed E-state index contributed by atoms with van der Waals surface area (Å²) in [5.41, 5.74) is 0. The Bertz CT molecular complexity index is 1640. The molecule has 0 N–H and O–H groups in total. The third-order valence-corrected chi connectivity index (χ3v) is 15.0. The smallest absolute Gasteiger partial charge is 0.306 e. The van der Waals surface area contributed by atoms with Gasteiger partial charge in [-0.2, -0.15) is 0 Å². The van der Waals surface area contributed by atoms with E-state index < -0.39 is 6.10 Å². The van der Waals surface area contributed by atoms with Gasteiger partial charge in [0.05, 0.1) is 0 Å². The van der Waals surface area contributed by atoms with E-state index in [-0.39, 0.29) is 37.5 Å². The molecule has 0 radical (unpaired) electrons. The number of allylic oxidation sites excluding steroid dienone is 18. The maximum absolute atomic E-state index is 12.9. The van der Waals surface area contributed by atoms with Crippen LogP contribution in [-0.2, 0) is 28.6 Å². The zero-order chi connectivity index (χ0) is 59.2. The summed E-state index contributed by atoms with van der Waals surface area (Å²) in [7, 11) is 0. The minimum Gasteiger partial charge on any atom is -0.462 e. The van der Waals surface area contributed by atoms with Gasteiger partial charge in [0.2, 0.25) is 0 Å². The number of ether oxygens (including phenoxy) is 3. The molecule has 0 aliphatic carbocycles. The molecule has 6 nitrogen and oxygen atoms in total. The summed E-state index contributed by atoms with van der Waals surface area (Å²) in [4.78, 5) is 38.3. The Hall–Kier alpha value is -3.93. The molecule has 0 saturated carbocycles. The van der Waals surface area contributed by atoms with Crippen molar-refractivity contribution < 1.29 is 28.6 Å². The highest BCUT2D eigenvalue weighted by atomic mass is 16.6. The third-order valence-electron chi connectivity index (χ3n) is 15.0. The molecule has 0 bridgehead atoms. The van der Waals surface area contributed by atoms with Crippen LogP contribution in [0.1, 0.15) is 335 Å². The van der Waals surface area contributed by atoms with Crippen molar-refractivity contribution in [3.05, 3.63) is 109 Å². The van der Waals surface area contributed by atoms with Crippen LogP contribution in [0, 0.1) is 0 Å². The van der Waals surface area contributed by atoms with Crippen LogP contribution in [0.15, 0.2) is 109 Å². The molecular weight excluding hydrogens is 1010 g/mol. The molecule has 0 aliphatic rings. The van der Waals surface area contributed by atoms with Crippen molar-refractivity contribution in [1.82, 2.24) is 0 Å². The number of esters is 3. The van der Waals surface area contributed by atoms with Gasteiger partial charge >= 0.3 is 17.9 Å². The highest BCUT2D eigenvalue weighted by Crippen LogP contribution is 2.17. The summed E-state index contributed by atoms with van der Waals surface area (Å²) in [5.74, 6) is -0.981. The van der Waals surface area contributed by atoms with Gasteiger partial charge in [0, 0.05) is 19.3 Å². The molecule has 0 rings (SSSR count). The van der Waals surface area contributed by atoms with E-state index in [1.807, 2.05) is 6.08 Å². The summed E-state index contributed by atoms with van der Waals surface area (Å²) in [6, 6.07) is 0. The molecule has 0 aromatic carbocycles. The fraction of sp³-hybridized carbons (Fsp3) is 0.724. The van der Waals surface area contributed by atoms with E-state index in [9.17, 15) is 14.4 Å². The first-order valence-electron chi connectivity index (χ1n) is 34.9. The van der Waals surface area contributed by atoms with Gasteiger partial charge in [-0.1, -0.05) is 316 Å². The Kier molecular flexibility index (Phi) is 66.2. The van der Waals surface area contributed by atoms with Gasteiger partial charge in [0.25, 0.3) is 0 Å². The summed E-state index contributed by atoms with van der Waals surface area (Å²) < 4.78 is 16.9. The standard InChI is InChI=1S/C76H130O6/c1-4-7-10-13-16-19-22-25-27-29-30-31-32-33-34-35-36-37-38-39-40-41-42-43-44-45-46-47-49-51-54-57-60-63-66-69-75(78)81-72-73(71-80-74(77)68-65-62-59-56-53-50-24-21-18-15-12-9-6-3)82-76(79)70-67-64-61-58-55-52-48-28-26-23-20-17-14-11-8-5-2/h7,9-10,12,16,18-19,21,25,27-28,30-31,48,50,53,59,62,73H,4-6,8,11,13-15,17,20,22-24,26,29,32-47,49,51-52,54-58,60-61,63-72H2,1-3H3/b10-7-,12-9-,19-16-,21-18-,27-25-,31-30-,48-28-,53-50-,62-59-. The maximum atomic E-state index is 12.9. The predicted octanol–water partition coefficient (Wildman–Crippen LogP) is 24.2. The number of carbonyl (C=O) groups excluding carboxylic acids is 3. The zero-order valence-electron chi connectivity index (χ0n) is 54.0. The minimum atomic E-state index is -0.810. The Morgan fingerprint density at radius 1 is 0.256 bits per heavy atom. The zero-order valence-corrected chi connectivity index (χ0v) is 54.0. The average molecular weight is 1140 g/mol. The molecule has 1 unspecified atom stereocenters. The molecule has 0 aromatic heterocycles. The van der Waals surface area contributed by atoms with Crippen LogP contribution in [-0.4, -0.2) is 37.2 Å². The molecule has 0 aliphatic heterocycles. The first-order chi connectivity index (χ1) is 40.5. The largest absolute Gasteiger partial charge is 0.462 e. The topological polar surface area (TPSA) is 78.9 Å². The van der Waals surface area contributed by atoms with Crippen molar-refractivity contribution in [3.63, 3.8) is 0 Å². The highest BCUT2D eigenvalue weighted by molar-refractivity contribution is 5.71. The van der Waals surface area contributed by atoms with Crippen LogP contribution in [0.25, 0.3) is 0 Å². The first-order valence-corrected chi connectivity index (χ1v) is 34.9. The molecule has 470 valence electrons. The molecule has 0 fully saturated rings. The van der Waals surface area contributed by atoms with Crippen molar-refractivity contribution in [2.75, 3.05) is 13.2 Å². The van der Waals surface area contributed by atoms with E-state index in [2.05, 4.69) is 124 Å². The molecule has 0 spiro atoms. The van der Waals surface area contributed by atoms with E-state index in [0.717, 1.165) is 103 Å². The van der Waals surface area contributed by atoms with Crippen molar-refractivity contribution in [2.24, 2.45) is 0 Å². The second-order valence-corrected chi connectivity index (χ2v) is 23.0. The van der Waals surface area contributed by atoms with Gasteiger partial charge in [-0.15, -0.1) is 0 Å². The molecular formula is C76H130O6. The summed E-state index contributed by atoms with van der Waals surface area (Å²) >= 11 is 0. The third kappa shape index (κ3) is 66.9. The van der Waals surface area contributed by atoms with Gasteiger partial charge < -0.3 is 14.2 Å². The fourth-order valence-corrected chi connectivity index (χ4v) is 9.86. The van der Waals surface area contributed by atoms with Gasteiger partial charge in [-0.25, -0.2) is 0 Å². The summed E-state index contributed by atoms with van der Waals surface area (Å²) in [5, 5.41) is 0. The molecule has 0 heterocycles. The van der Waals surface area contributed by atoms with Crippen molar-refractivity contribution in [1.29, 1.82) is 0 Å². The SMILES string of the molecule is CC/C=C\C/C=C\C/C=C\C/C=C\CCCCCCCCCCCCCCCCCCCCCCCCC(=O)OCC(COC(=O)CC/C=C\C/C=C\C/C=C\C/C=C\CC)OC(=O)CCCCCCC/C=C\CCCCCCCCC. The minimum absolute atomic E-state index is 0.100. The lowest BCUT2D eigenvalue weighted by Gasteiger charge is -2.18. The molecule has 0 amide bonds. The summed E-state index contributed by atoms with van der Waals surface area (Å²) in [6.45, 7) is 6.37. The van der Waals surface area contributed by atoms with Crippen molar-refractivity contribution in [2.45, 2.75) is 341 Å². The Morgan fingerprint density at radius 3 is 0.829 bits per heavy atom.